The normalized spacial score (nSPS) is 13.8. The highest BCUT2D eigenvalue weighted by Gasteiger charge is 2.36. The molecule has 0 saturated heterocycles. The number of hydrogen-bond acceptors (Lipinski definition) is 3. The summed E-state index contributed by atoms with van der Waals surface area (Å²) >= 11 is 0. The maximum atomic E-state index is 6.18. The standard InChI is InChI=1S/C21H32O3Si/c1-21(2,3)25(4,5)24-15-14-22-17-19(20-12-9-13-23-20)16-18-10-7-6-8-11-18/h6-13,19H,14-17H2,1-5H3. The van der Waals surface area contributed by atoms with Crippen LogP contribution in [0.2, 0.25) is 18.1 Å². The highest BCUT2D eigenvalue weighted by molar-refractivity contribution is 6.74. The third-order valence-electron chi connectivity index (χ3n) is 5.09. The summed E-state index contributed by atoms with van der Waals surface area (Å²) in [5.74, 6) is 1.21. The summed E-state index contributed by atoms with van der Waals surface area (Å²) < 4.78 is 17.7. The molecule has 1 aromatic carbocycles. The molecule has 0 saturated carbocycles. The van der Waals surface area contributed by atoms with Crippen LogP contribution in [-0.2, 0) is 15.6 Å². The van der Waals surface area contributed by atoms with E-state index in [4.69, 9.17) is 13.6 Å². The molecule has 0 aliphatic carbocycles. The molecule has 0 bridgehead atoms. The molecule has 2 aromatic rings. The van der Waals surface area contributed by atoms with Crippen LogP contribution in [0.15, 0.2) is 53.1 Å². The molecule has 0 radical (unpaired) electrons. The molecule has 138 valence electrons. The van der Waals surface area contributed by atoms with Crippen molar-refractivity contribution < 1.29 is 13.6 Å². The van der Waals surface area contributed by atoms with E-state index in [2.05, 4.69) is 58.1 Å². The van der Waals surface area contributed by atoms with Gasteiger partial charge in [0.15, 0.2) is 8.32 Å². The summed E-state index contributed by atoms with van der Waals surface area (Å²) in [6.45, 7) is 13.2. The summed E-state index contributed by atoms with van der Waals surface area (Å²) in [6, 6.07) is 14.5. The van der Waals surface area contributed by atoms with Gasteiger partial charge in [0, 0.05) is 5.92 Å². The molecule has 0 aliphatic rings. The fourth-order valence-corrected chi connectivity index (χ4v) is 3.49. The van der Waals surface area contributed by atoms with Gasteiger partial charge in [-0.1, -0.05) is 51.1 Å². The molecule has 1 unspecified atom stereocenters. The van der Waals surface area contributed by atoms with Crippen molar-refractivity contribution in [3.05, 3.63) is 60.1 Å². The van der Waals surface area contributed by atoms with Gasteiger partial charge in [0.05, 0.1) is 26.1 Å². The van der Waals surface area contributed by atoms with E-state index in [1.54, 1.807) is 6.26 Å². The molecule has 2 rings (SSSR count). The summed E-state index contributed by atoms with van der Waals surface area (Å²) in [4.78, 5) is 0. The van der Waals surface area contributed by atoms with Crippen molar-refractivity contribution in [2.75, 3.05) is 19.8 Å². The van der Waals surface area contributed by atoms with Crippen LogP contribution >= 0.6 is 0 Å². The van der Waals surface area contributed by atoms with Gasteiger partial charge in [-0.3, -0.25) is 0 Å². The molecular weight excluding hydrogens is 328 g/mol. The Kier molecular flexibility index (Phi) is 7.05. The largest absolute Gasteiger partial charge is 0.469 e. The second-order valence-electron chi connectivity index (χ2n) is 8.09. The van der Waals surface area contributed by atoms with Gasteiger partial charge in [0.2, 0.25) is 0 Å². The van der Waals surface area contributed by atoms with Crippen molar-refractivity contribution in [3.63, 3.8) is 0 Å². The Morgan fingerprint density at radius 2 is 1.72 bits per heavy atom. The van der Waals surface area contributed by atoms with Gasteiger partial charge in [-0.2, -0.15) is 0 Å². The van der Waals surface area contributed by atoms with Crippen molar-refractivity contribution >= 4 is 8.32 Å². The first kappa shape index (κ1) is 20.0. The zero-order valence-corrected chi connectivity index (χ0v) is 17.2. The van der Waals surface area contributed by atoms with Crippen molar-refractivity contribution in [3.8, 4) is 0 Å². The summed E-state index contributed by atoms with van der Waals surface area (Å²) in [6.07, 6.45) is 2.64. The number of ether oxygens (including phenoxy) is 1. The molecule has 0 aliphatic heterocycles. The maximum Gasteiger partial charge on any atom is 0.192 e. The minimum atomic E-state index is -1.69. The zero-order valence-electron chi connectivity index (χ0n) is 16.2. The van der Waals surface area contributed by atoms with Crippen molar-refractivity contribution in [1.82, 2.24) is 0 Å². The second-order valence-corrected chi connectivity index (χ2v) is 12.9. The highest BCUT2D eigenvalue weighted by Crippen LogP contribution is 2.36. The topological polar surface area (TPSA) is 31.6 Å². The monoisotopic (exact) mass is 360 g/mol. The molecule has 3 nitrogen and oxygen atoms in total. The first-order valence-electron chi connectivity index (χ1n) is 9.08. The van der Waals surface area contributed by atoms with E-state index >= 15 is 0 Å². The number of furan rings is 1. The lowest BCUT2D eigenvalue weighted by Crippen LogP contribution is -2.41. The fourth-order valence-electron chi connectivity index (χ4n) is 2.46. The molecule has 0 spiro atoms. The SMILES string of the molecule is CC(C)(C)[Si](C)(C)OCCOCC(Cc1ccccc1)c1ccco1. The number of rotatable bonds is 9. The van der Waals surface area contributed by atoms with E-state index < -0.39 is 8.32 Å². The Hall–Kier alpha value is -1.36. The summed E-state index contributed by atoms with van der Waals surface area (Å²) in [5, 5.41) is 0.233. The number of benzene rings is 1. The molecule has 1 aromatic heterocycles. The first-order chi connectivity index (χ1) is 11.8. The van der Waals surface area contributed by atoms with E-state index in [1.165, 1.54) is 5.56 Å². The molecule has 1 atom stereocenters. The molecule has 25 heavy (non-hydrogen) atoms. The quantitative estimate of drug-likeness (QED) is 0.428. The number of hydrogen-bond donors (Lipinski definition) is 0. The van der Waals surface area contributed by atoms with Crippen LogP contribution in [0.1, 0.15) is 38.0 Å². The Labute approximate surface area is 153 Å². The molecule has 0 N–H and O–H groups in total. The predicted octanol–water partition coefficient (Wildman–Crippen LogP) is 5.64. The van der Waals surface area contributed by atoms with Gasteiger partial charge >= 0.3 is 0 Å². The Bertz CT molecular complexity index is 600. The average Bonchev–Trinajstić information content (AvgIpc) is 3.07. The summed E-state index contributed by atoms with van der Waals surface area (Å²) in [5.41, 5.74) is 1.30. The van der Waals surface area contributed by atoms with Crippen LogP contribution in [0, 0.1) is 0 Å². The summed E-state index contributed by atoms with van der Waals surface area (Å²) in [7, 11) is -1.69. The minimum Gasteiger partial charge on any atom is -0.469 e. The van der Waals surface area contributed by atoms with Gasteiger partial charge in [-0.25, -0.2) is 0 Å². The van der Waals surface area contributed by atoms with Crippen molar-refractivity contribution in [1.29, 1.82) is 0 Å². The third kappa shape index (κ3) is 6.14. The van der Waals surface area contributed by atoms with E-state index in [1.807, 2.05) is 18.2 Å². The van der Waals surface area contributed by atoms with Gasteiger partial charge in [-0.05, 0) is 42.2 Å². The van der Waals surface area contributed by atoms with Gasteiger partial charge < -0.3 is 13.6 Å². The molecule has 1 heterocycles. The minimum absolute atomic E-state index is 0.227. The maximum absolute atomic E-state index is 6.18. The van der Waals surface area contributed by atoms with Crippen LogP contribution in [0.4, 0.5) is 0 Å². The predicted molar refractivity (Wildman–Crippen MR) is 106 cm³/mol. The second kappa shape index (κ2) is 8.83. The third-order valence-corrected chi connectivity index (χ3v) is 9.62. The zero-order chi connectivity index (χ0) is 18.3. The average molecular weight is 361 g/mol. The van der Waals surface area contributed by atoms with Crippen LogP contribution in [0.3, 0.4) is 0 Å². The molecule has 4 heteroatoms. The van der Waals surface area contributed by atoms with Gasteiger partial charge in [0.1, 0.15) is 5.76 Å². The van der Waals surface area contributed by atoms with Crippen molar-refractivity contribution in [2.24, 2.45) is 0 Å². The lowest BCUT2D eigenvalue weighted by molar-refractivity contribution is 0.0815. The van der Waals surface area contributed by atoms with Crippen molar-refractivity contribution in [2.45, 2.75) is 51.2 Å². The Morgan fingerprint density at radius 1 is 1.00 bits per heavy atom. The van der Waals surface area contributed by atoms with Gasteiger partial charge in [-0.15, -0.1) is 0 Å². The van der Waals surface area contributed by atoms with E-state index in [9.17, 15) is 0 Å². The van der Waals surface area contributed by atoms with Gasteiger partial charge in [0.25, 0.3) is 0 Å². The molecule has 0 amide bonds. The fraction of sp³-hybridized carbons (Fsp3) is 0.524. The Balaban J connectivity index is 1.83. The highest BCUT2D eigenvalue weighted by atomic mass is 28.4. The van der Waals surface area contributed by atoms with E-state index in [0.29, 0.717) is 19.8 Å². The molecule has 0 fully saturated rings. The van der Waals surface area contributed by atoms with Crippen LogP contribution in [0.5, 0.6) is 0 Å². The van der Waals surface area contributed by atoms with Crippen LogP contribution in [-0.4, -0.2) is 28.1 Å². The Morgan fingerprint density at radius 3 is 2.32 bits per heavy atom. The van der Waals surface area contributed by atoms with Crippen LogP contribution in [0.25, 0.3) is 0 Å². The van der Waals surface area contributed by atoms with E-state index in [-0.39, 0.29) is 11.0 Å². The van der Waals surface area contributed by atoms with E-state index in [0.717, 1.165) is 12.2 Å². The first-order valence-corrected chi connectivity index (χ1v) is 12.0. The molecular formula is C21H32O3Si. The smallest absolute Gasteiger partial charge is 0.192 e. The lowest BCUT2D eigenvalue weighted by atomic mass is 9.98. The lowest BCUT2D eigenvalue weighted by Gasteiger charge is -2.36. The van der Waals surface area contributed by atoms with Crippen LogP contribution < -0.4 is 0 Å².